The third-order valence-corrected chi connectivity index (χ3v) is 1.66. The van der Waals surface area contributed by atoms with E-state index in [-0.39, 0.29) is 0 Å². The van der Waals surface area contributed by atoms with Gasteiger partial charge >= 0.3 is 0 Å². The summed E-state index contributed by atoms with van der Waals surface area (Å²) < 4.78 is 0. The van der Waals surface area contributed by atoms with Gasteiger partial charge in [-0.3, -0.25) is 0 Å². The summed E-state index contributed by atoms with van der Waals surface area (Å²) in [6.07, 6.45) is 9.79. The Bertz CT molecular complexity index is 146. The van der Waals surface area contributed by atoms with Crippen LogP contribution >= 0.6 is 0 Å². The Morgan fingerprint density at radius 3 is 2.88 bits per heavy atom. The average molecular weight is 106 g/mol. The molecular formula is C8H10. The minimum absolute atomic E-state index is 0.653. The highest BCUT2D eigenvalue weighted by atomic mass is 14.1. The lowest BCUT2D eigenvalue weighted by atomic mass is 10.1. The van der Waals surface area contributed by atoms with Gasteiger partial charge < -0.3 is 0 Å². The molecule has 1 rings (SSSR count). The number of hydrogen-bond donors (Lipinski definition) is 0. The normalized spacial score (nSPS) is 27.0. The first-order valence-electron chi connectivity index (χ1n) is 3.01. The van der Waals surface area contributed by atoms with Gasteiger partial charge in [-0.2, -0.15) is 0 Å². The van der Waals surface area contributed by atoms with Gasteiger partial charge in [0.25, 0.3) is 0 Å². The maximum atomic E-state index is 5.21. The van der Waals surface area contributed by atoms with Crippen LogP contribution in [0.5, 0.6) is 0 Å². The highest BCUT2D eigenvalue weighted by Gasteiger charge is 2.10. The Kier molecular flexibility index (Phi) is 1.39. The van der Waals surface area contributed by atoms with Crippen LogP contribution in [0.3, 0.4) is 0 Å². The molecule has 0 bridgehead atoms. The van der Waals surface area contributed by atoms with Crippen molar-refractivity contribution in [3.63, 3.8) is 0 Å². The Morgan fingerprint density at radius 1 is 1.88 bits per heavy atom. The fraction of sp³-hybridized carbons (Fsp3) is 0.500. The SMILES string of the molecule is C#CC1=CCC[C@H]1C. The largest absolute Gasteiger partial charge is 0.115 e. The van der Waals surface area contributed by atoms with Gasteiger partial charge in [0, 0.05) is 5.57 Å². The van der Waals surface area contributed by atoms with Crippen molar-refractivity contribution >= 4 is 0 Å². The van der Waals surface area contributed by atoms with E-state index in [1.807, 2.05) is 0 Å². The molecule has 0 saturated carbocycles. The van der Waals surface area contributed by atoms with Crippen LogP contribution < -0.4 is 0 Å². The summed E-state index contributed by atoms with van der Waals surface area (Å²) in [6.45, 7) is 2.18. The van der Waals surface area contributed by atoms with Crippen molar-refractivity contribution in [3.8, 4) is 12.3 Å². The van der Waals surface area contributed by atoms with Gasteiger partial charge in [-0.1, -0.05) is 18.9 Å². The standard InChI is InChI=1S/C8H10/c1-3-8-6-4-5-7(8)2/h1,6-7H,4-5H2,2H3/t7-/m1/s1. The van der Waals surface area contributed by atoms with Crippen LogP contribution in [0.25, 0.3) is 0 Å². The lowest BCUT2D eigenvalue weighted by molar-refractivity contribution is 0.685. The number of rotatable bonds is 0. The number of hydrogen-bond acceptors (Lipinski definition) is 0. The molecule has 0 spiro atoms. The van der Waals surface area contributed by atoms with Crippen molar-refractivity contribution in [2.24, 2.45) is 5.92 Å². The van der Waals surface area contributed by atoms with Crippen LogP contribution in [0.2, 0.25) is 0 Å². The summed E-state index contributed by atoms with van der Waals surface area (Å²) in [6, 6.07) is 0. The minimum atomic E-state index is 0.653. The van der Waals surface area contributed by atoms with Gasteiger partial charge in [-0.05, 0) is 18.8 Å². The van der Waals surface area contributed by atoms with Gasteiger partial charge in [0.2, 0.25) is 0 Å². The lowest BCUT2D eigenvalue weighted by Gasteiger charge is -1.98. The van der Waals surface area contributed by atoms with Crippen molar-refractivity contribution in [3.05, 3.63) is 11.6 Å². The Morgan fingerprint density at radius 2 is 2.62 bits per heavy atom. The highest BCUT2D eigenvalue weighted by Crippen LogP contribution is 2.23. The molecule has 0 aliphatic heterocycles. The second-order valence-electron chi connectivity index (χ2n) is 2.28. The Balaban J connectivity index is 2.66. The van der Waals surface area contributed by atoms with E-state index in [0.29, 0.717) is 5.92 Å². The van der Waals surface area contributed by atoms with E-state index >= 15 is 0 Å². The molecule has 0 unspecified atom stereocenters. The lowest BCUT2D eigenvalue weighted by Crippen LogP contribution is -1.87. The zero-order valence-electron chi connectivity index (χ0n) is 5.15. The van der Waals surface area contributed by atoms with Crippen LogP contribution in [0.15, 0.2) is 11.6 Å². The molecule has 0 aromatic rings. The zero-order chi connectivity index (χ0) is 5.98. The molecule has 0 aromatic heterocycles. The van der Waals surface area contributed by atoms with E-state index in [4.69, 9.17) is 6.42 Å². The number of allylic oxidation sites excluding steroid dienone is 2. The first-order chi connectivity index (χ1) is 3.84. The van der Waals surface area contributed by atoms with Crippen molar-refractivity contribution in [1.82, 2.24) is 0 Å². The van der Waals surface area contributed by atoms with Crippen LogP contribution in [0.1, 0.15) is 19.8 Å². The molecule has 1 aliphatic rings. The molecule has 0 aromatic carbocycles. The van der Waals surface area contributed by atoms with E-state index in [1.54, 1.807) is 0 Å². The summed E-state index contributed by atoms with van der Waals surface area (Å²) in [5, 5.41) is 0. The Hall–Kier alpha value is -0.700. The molecule has 0 fully saturated rings. The molecule has 0 radical (unpaired) electrons. The van der Waals surface area contributed by atoms with Gasteiger partial charge in [-0.15, -0.1) is 6.42 Å². The smallest absolute Gasteiger partial charge is 0.000607 e. The van der Waals surface area contributed by atoms with Gasteiger partial charge in [0.1, 0.15) is 0 Å². The van der Waals surface area contributed by atoms with Gasteiger partial charge in [-0.25, -0.2) is 0 Å². The van der Waals surface area contributed by atoms with E-state index in [2.05, 4.69) is 18.9 Å². The molecule has 42 valence electrons. The number of terminal acetylenes is 1. The van der Waals surface area contributed by atoms with E-state index in [0.717, 1.165) is 0 Å². The zero-order valence-corrected chi connectivity index (χ0v) is 5.15. The van der Waals surface area contributed by atoms with Crippen LogP contribution in [-0.2, 0) is 0 Å². The summed E-state index contributed by atoms with van der Waals surface area (Å²) in [4.78, 5) is 0. The first-order valence-corrected chi connectivity index (χ1v) is 3.01. The van der Waals surface area contributed by atoms with Crippen LogP contribution in [0, 0.1) is 18.3 Å². The molecule has 0 saturated heterocycles. The minimum Gasteiger partial charge on any atom is -0.115 e. The molecular weight excluding hydrogens is 96.1 g/mol. The van der Waals surface area contributed by atoms with Crippen LogP contribution in [0.4, 0.5) is 0 Å². The molecule has 8 heavy (non-hydrogen) atoms. The van der Waals surface area contributed by atoms with E-state index in [1.165, 1.54) is 18.4 Å². The van der Waals surface area contributed by atoms with Crippen molar-refractivity contribution in [1.29, 1.82) is 0 Å². The van der Waals surface area contributed by atoms with E-state index in [9.17, 15) is 0 Å². The maximum Gasteiger partial charge on any atom is 0.000607 e. The fourth-order valence-electron chi connectivity index (χ4n) is 1.05. The summed E-state index contributed by atoms with van der Waals surface area (Å²) in [5.41, 5.74) is 1.20. The second-order valence-corrected chi connectivity index (χ2v) is 2.28. The molecule has 1 aliphatic carbocycles. The third-order valence-electron chi connectivity index (χ3n) is 1.66. The summed E-state index contributed by atoms with van der Waals surface area (Å²) >= 11 is 0. The molecule has 0 amide bonds. The third kappa shape index (κ3) is 0.767. The monoisotopic (exact) mass is 106 g/mol. The first kappa shape index (κ1) is 5.44. The fourth-order valence-corrected chi connectivity index (χ4v) is 1.05. The predicted octanol–water partition coefficient (Wildman–Crippen LogP) is 1.98. The average Bonchev–Trinajstić information content (AvgIpc) is 2.14. The maximum absolute atomic E-state index is 5.21. The van der Waals surface area contributed by atoms with Gasteiger partial charge in [0.15, 0.2) is 0 Å². The van der Waals surface area contributed by atoms with Crippen molar-refractivity contribution < 1.29 is 0 Å². The highest BCUT2D eigenvalue weighted by molar-refractivity contribution is 5.30. The summed E-state index contributed by atoms with van der Waals surface area (Å²) in [5.74, 6) is 3.33. The molecule has 0 heterocycles. The summed E-state index contributed by atoms with van der Waals surface area (Å²) in [7, 11) is 0. The van der Waals surface area contributed by atoms with Gasteiger partial charge in [0.05, 0.1) is 0 Å². The van der Waals surface area contributed by atoms with Crippen molar-refractivity contribution in [2.45, 2.75) is 19.8 Å². The second kappa shape index (κ2) is 2.05. The van der Waals surface area contributed by atoms with Crippen molar-refractivity contribution in [2.75, 3.05) is 0 Å². The molecule has 0 N–H and O–H groups in total. The van der Waals surface area contributed by atoms with Crippen LogP contribution in [-0.4, -0.2) is 0 Å². The topological polar surface area (TPSA) is 0 Å². The molecule has 1 atom stereocenters. The molecule has 0 nitrogen and oxygen atoms in total. The molecule has 0 heteroatoms. The Labute approximate surface area is 50.6 Å². The van der Waals surface area contributed by atoms with E-state index < -0.39 is 0 Å². The quantitative estimate of drug-likeness (QED) is 0.414. The predicted molar refractivity (Wildman–Crippen MR) is 35.3 cm³/mol.